The van der Waals surface area contributed by atoms with E-state index in [0.717, 1.165) is 28.9 Å². The van der Waals surface area contributed by atoms with Crippen LogP contribution >= 0.6 is 0 Å². The van der Waals surface area contributed by atoms with Crippen molar-refractivity contribution in [2.75, 3.05) is 25.1 Å². The lowest BCUT2D eigenvalue weighted by molar-refractivity contribution is -0.119. The number of benzene rings is 2. The highest BCUT2D eigenvalue weighted by molar-refractivity contribution is 6.22. The largest absolute Gasteiger partial charge is 0.452 e. The van der Waals surface area contributed by atoms with Gasteiger partial charge in [-0.25, -0.2) is 4.79 Å². The van der Waals surface area contributed by atoms with Crippen LogP contribution in [0.5, 0.6) is 0 Å². The van der Waals surface area contributed by atoms with Crippen molar-refractivity contribution < 1.29 is 28.7 Å². The number of anilines is 1. The molecule has 2 aliphatic heterocycles. The topological polar surface area (TPSA) is 102 Å². The molecular weight excluding hydrogens is 412 g/mol. The van der Waals surface area contributed by atoms with E-state index in [1.165, 1.54) is 18.2 Å². The lowest BCUT2D eigenvalue weighted by Gasteiger charge is -2.17. The highest BCUT2D eigenvalue weighted by Gasteiger charge is 2.38. The number of carbonyl (C=O) groups is 4. The summed E-state index contributed by atoms with van der Waals surface area (Å²) in [6.07, 6.45) is 1.55. The number of aryl methyl sites for hydroxylation is 2. The fourth-order valence-corrected chi connectivity index (χ4v) is 3.98. The normalized spacial score (nSPS) is 17.4. The summed E-state index contributed by atoms with van der Waals surface area (Å²) in [6, 6.07) is 9.85. The third-order valence-corrected chi connectivity index (χ3v) is 5.70. The summed E-state index contributed by atoms with van der Waals surface area (Å²) < 4.78 is 10.6. The first-order chi connectivity index (χ1) is 15.3. The number of esters is 1. The number of nitrogens with zero attached hydrogens (tertiary/aromatic N) is 1. The van der Waals surface area contributed by atoms with Gasteiger partial charge in [0.25, 0.3) is 17.7 Å². The Morgan fingerprint density at radius 3 is 2.50 bits per heavy atom. The first-order valence-corrected chi connectivity index (χ1v) is 10.5. The molecule has 2 aliphatic rings. The van der Waals surface area contributed by atoms with Gasteiger partial charge in [-0.1, -0.05) is 18.2 Å². The lowest BCUT2D eigenvalue weighted by Crippen LogP contribution is -2.36. The molecule has 1 N–H and O–H groups in total. The molecule has 8 nitrogen and oxygen atoms in total. The number of rotatable bonds is 6. The van der Waals surface area contributed by atoms with Gasteiger partial charge in [0.05, 0.1) is 29.3 Å². The second-order valence-electron chi connectivity index (χ2n) is 8.01. The standard InChI is InChI=1S/C24H24N2O6/c1-14-5-3-6-15(2)21(14)25-20(27)13-32-24(30)16-8-9-18-19(11-16)23(29)26(22(18)28)12-17-7-4-10-31-17/h3,5-6,8-9,11,17H,4,7,10,12-13H2,1-2H3,(H,25,27)/t17-/m0/s1. The summed E-state index contributed by atoms with van der Waals surface area (Å²) in [5.41, 5.74) is 2.99. The van der Waals surface area contributed by atoms with E-state index in [1.54, 1.807) is 0 Å². The number of hydrogen-bond donors (Lipinski definition) is 1. The van der Waals surface area contributed by atoms with E-state index >= 15 is 0 Å². The molecule has 0 radical (unpaired) electrons. The Hall–Kier alpha value is -3.52. The molecule has 0 aliphatic carbocycles. The maximum atomic E-state index is 12.7. The van der Waals surface area contributed by atoms with Crippen LogP contribution in [-0.2, 0) is 14.3 Å². The number of carbonyl (C=O) groups excluding carboxylic acids is 4. The molecule has 0 bridgehead atoms. The summed E-state index contributed by atoms with van der Waals surface area (Å²) in [6.45, 7) is 4.10. The highest BCUT2D eigenvalue weighted by Crippen LogP contribution is 2.26. The van der Waals surface area contributed by atoms with Crippen molar-refractivity contribution in [3.63, 3.8) is 0 Å². The molecule has 1 fully saturated rings. The minimum Gasteiger partial charge on any atom is -0.452 e. The van der Waals surface area contributed by atoms with Crippen LogP contribution in [0.3, 0.4) is 0 Å². The maximum absolute atomic E-state index is 12.7. The van der Waals surface area contributed by atoms with Gasteiger partial charge >= 0.3 is 5.97 Å². The van der Waals surface area contributed by atoms with Crippen LogP contribution in [0.2, 0.25) is 0 Å². The zero-order chi connectivity index (χ0) is 22.8. The summed E-state index contributed by atoms with van der Waals surface area (Å²) in [5.74, 6) is -2.07. The molecule has 2 heterocycles. The minimum atomic E-state index is -0.748. The Morgan fingerprint density at radius 1 is 1.09 bits per heavy atom. The van der Waals surface area contributed by atoms with Crippen LogP contribution in [0.1, 0.15) is 55.0 Å². The first kappa shape index (κ1) is 21.7. The van der Waals surface area contributed by atoms with Crippen LogP contribution in [-0.4, -0.2) is 54.5 Å². The number of para-hydroxylation sites is 1. The van der Waals surface area contributed by atoms with Crippen molar-refractivity contribution in [2.24, 2.45) is 0 Å². The third kappa shape index (κ3) is 4.27. The van der Waals surface area contributed by atoms with Crippen LogP contribution in [0.25, 0.3) is 0 Å². The van der Waals surface area contributed by atoms with Crippen molar-refractivity contribution in [1.82, 2.24) is 4.90 Å². The zero-order valence-corrected chi connectivity index (χ0v) is 18.0. The summed E-state index contributed by atoms with van der Waals surface area (Å²) in [4.78, 5) is 51.2. The average molecular weight is 436 g/mol. The fraction of sp³-hybridized carbons (Fsp3) is 0.333. The van der Waals surface area contributed by atoms with Crippen molar-refractivity contribution in [2.45, 2.75) is 32.8 Å². The van der Waals surface area contributed by atoms with Crippen molar-refractivity contribution in [3.8, 4) is 0 Å². The van der Waals surface area contributed by atoms with Gasteiger partial charge < -0.3 is 14.8 Å². The maximum Gasteiger partial charge on any atom is 0.338 e. The number of ether oxygens (including phenoxy) is 2. The molecule has 0 unspecified atom stereocenters. The molecule has 2 aromatic carbocycles. The number of nitrogens with one attached hydrogen (secondary N) is 1. The number of imide groups is 1. The van der Waals surface area contributed by atoms with Crippen LogP contribution in [0.15, 0.2) is 36.4 Å². The van der Waals surface area contributed by atoms with Gasteiger partial charge in [0.15, 0.2) is 6.61 Å². The van der Waals surface area contributed by atoms with E-state index in [2.05, 4.69) is 5.32 Å². The molecule has 3 amide bonds. The van der Waals surface area contributed by atoms with Crippen LogP contribution in [0, 0.1) is 13.8 Å². The minimum absolute atomic E-state index is 0.101. The van der Waals surface area contributed by atoms with Gasteiger partial charge in [-0.05, 0) is 56.0 Å². The SMILES string of the molecule is Cc1cccc(C)c1NC(=O)COC(=O)c1ccc2c(c1)C(=O)N(C[C@@H]1CCCO1)C2=O. The van der Waals surface area contributed by atoms with Gasteiger partial charge in [-0.2, -0.15) is 0 Å². The molecular formula is C24H24N2O6. The average Bonchev–Trinajstić information content (AvgIpc) is 3.37. The van der Waals surface area contributed by atoms with E-state index in [4.69, 9.17) is 9.47 Å². The second kappa shape index (κ2) is 8.92. The molecule has 166 valence electrons. The predicted octanol–water partition coefficient (Wildman–Crippen LogP) is 2.87. The summed E-state index contributed by atoms with van der Waals surface area (Å²) >= 11 is 0. The second-order valence-corrected chi connectivity index (χ2v) is 8.01. The number of amides is 3. The quantitative estimate of drug-likeness (QED) is 0.552. The number of hydrogen-bond acceptors (Lipinski definition) is 6. The van der Waals surface area contributed by atoms with Gasteiger partial charge in [0.1, 0.15) is 0 Å². The highest BCUT2D eigenvalue weighted by atomic mass is 16.5. The smallest absolute Gasteiger partial charge is 0.338 e. The molecule has 4 rings (SSSR count). The van der Waals surface area contributed by atoms with E-state index in [1.807, 2.05) is 32.0 Å². The molecule has 0 saturated carbocycles. The van der Waals surface area contributed by atoms with E-state index < -0.39 is 30.3 Å². The molecule has 32 heavy (non-hydrogen) atoms. The molecule has 0 spiro atoms. The van der Waals surface area contributed by atoms with E-state index in [0.29, 0.717) is 12.3 Å². The monoisotopic (exact) mass is 436 g/mol. The summed E-state index contributed by atoms with van der Waals surface area (Å²) in [7, 11) is 0. The fourth-order valence-electron chi connectivity index (χ4n) is 3.98. The van der Waals surface area contributed by atoms with Gasteiger partial charge in [0, 0.05) is 12.3 Å². The molecule has 1 atom stereocenters. The summed E-state index contributed by atoms with van der Waals surface area (Å²) in [5, 5.41) is 2.75. The van der Waals surface area contributed by atoms with Crippen molar-refractivity contribution in [1.29, 1.82) is 0 Å². The van der Waals surface area contributed by atoms with Crippen molar-refractivity contribution >= 4 is 29.4 Å². The van der Waals surface area contributed by atoms with E-state index in [-0.39, 0.29) is 29.3 Å². The zero-order valence-electron chi connectivity index (χ0n) is 18.0. The Morgan fingerprint density at radius 2 is 1.81 bits per heavy atom. The predicted molar refractivity (Wildman–Crippen MR) is 116 cm³/mol. The van der Waals surface area contributed by atoms with Crippen LogP contribution in [0.4, 0.5) is 5.69 Å². The Labute approximate surface area is 185 Å². The molecule has 8 heteroatoms. The van der Waals surface area contributed by atoms with Crippen LogP contribution < -0.4 is 5.32 Å². The van der Waals surface area contributed by atoms with Crippen molar-refractivity contribution in [3.05, 3.63) is 64.2 Å². The number of fused-ring (bicyclic) bond motifs is 1. The molecule has 2 aromatic rings. The van der Waals surface area contributed by atoms with Gasteiger partial charge in [-0.15, -0.1) is 0 Å². The van der Waals surface area contributed by atoms with E-state index in [9.17, 15) is 19.2 Å². The Kier molecular flexibility index (Phi) is 6.05. The first-order valence-electron chi connectivity index (χ1n) is 10.5. The third-order valence-electron chi connectivity index (χ3n) is 5.70. The Balaban J connectivity index is 1.39. The molecule has 1 saturated heterocycles. The van der Waals surface area contributed by atoms with Gasteiger partial charge in [0.2, 0.25) is 0 Å². The van der Waals surface area contributed by atoms with Gasteiger partial charge in [-0.3, -0.25) is 19.3 Å². The lowest BCUT2D eigenvalue weighted by atomic mass is 10.1. The Bertz CT molecular complexity index is 1080. The molecule has 0 aromatic heterocycles.